The highest BCUT2D eigenvalue weighted by molar-refractivity contribution is 7.92. The molecule has 4 atom stereocenters. The molecular weight excluding hydrogens is 493 g/mol. The van der Waals surface area contributed by atoms with Crippen molar-refractivity contribution in [2.45, 2.75) is 47.9 Å². The SMILES string of the molecule is N#CC[C@@]1(O)C2CC[C@H]1C[C@H](S(=O)(=O)c1cc(C(=O)Nc3cc(F)c(F)c(F)c3)ccc1Cl)C2. The van der Waals surface area contributed by atoms with E-state index < -0.39 is 44.0 Å². The van der Waals surface area contributed by atoms with E-state index in [0.717, 1.165) is 6.07 Å². The van der Waals surface area contributed by atoms with Crippen LogP contribution in [0.5, 0.6) is 0 Å². The van der Waals surface area contributed by atoms with Crippen molar-refractivity contribution >= 4 is 33.0 Å². The lowest BCUT2D eigenvalue weighted by atomic mass is 9.73. The molecule has 2 aromatic carbocycles. The topological polar surface area (TPSA) is 107 Å². The lowest BCUT2D eigenvalue weighted by Gasteiger charge is -2.41. The smallest absolute Gasteiger partial charge is 0.255 e. The molecule has 34 heavy (non-hydrogen) atoms. The Morgan fingerprint density at radius 2 is 1.74 bits per heavy atom. The number of hydrogen-bond acceptors (Lipinski definition) is 5. The molecule has 6 nitrogen and oxygen atoms in total. The van der Waals surface area contributed by atoms with E-state index in [0.29, 0.717) is 25.0 Å². The summed E-state index contributed by atoms with van der Waals surface area (Å²) in [5, 5.41) is 21.3. The van der Waals surface area contributed by atoms with Gasteiger partial charge in [-0.05, 0) is 55.7 Å². The van der Waals surface area contributed by atoms with Gasteiger partial charge in [0.25, 0.3) is 5.91 Å². The molecule has 180 valence electrons. The molecule has 2 bridgehead atoms. The number of carbonyl (C=O) groups is 1. The van der Waals surface area contributed by atoms with E-state index in [2.05, 4.69) is 5.32 Å². The van der Waals surface area contributed by atoms with Gasteiger partial charge in [0.2, 0.25) is 0 Å². The van der Waals surface area contributed by atoms with Crippen LogP contribution in [0.2, 0.25) is 5.02 Å². The molecule has 0 radical (unpaired) electrons. The first kappa shape index (κ1) is 24.5. The van der Waals surface area contributed by atoms with E-state index in [9.17, 15) is 31.5 Å². The number of fused-ring (bicyclic) bond motifs is 2. The fraction of sp³-hybridized carbons (Fsp3) is 0.391. The summed E-state index contributed by atoms with van der Waals surface area (Å²) in [6.45, 7) is 0. The average Bonchev–Trinajstić information content (AvgIpc) is 2.93. The summed E-state index contributed by atoms with van der Waals surface area (Å²) >= 11 is 6.17. The van der Waals surface area contributed by atoms with Crippen molar-refractivity contribution in [3.8, 4) is 6.07 Å². The summed E-state index contributed by atoms with van der Waals surface area (Å²) in [7, 11) is -4.01. The lowest BCUT2D eigenvalue weighted by Crippen LogP contribution is -2.47. The maximum Gasteiger partial charge on any atom is 0.255 e. The molecule has 0 aliphatic heterocycles. The Labute approximate surface area is 199 Å². The molecule has 2 fully saturated rings. The van der Waals surface area contributed by atoms with Crippen molar-refractivity contribution in [1.82, 2.24) is 0 Å². The molecular formula is C23H20ClF3N2O4S. The number of aliphatic hydroxyl groups is 1. The molecule has 2 aliphatic rings. The van der Waals surface area contributed by atoms with Crippen LogP contribution in [0.4, 0.5) is 18.9 Å². The van der Waals surface area contributed by atoms with Gasteiger partial charge in [0, 0.05) is 23.4 Å². The van der Waals surface area contributed by atoms with E-state index in [1.54, 1.807) is 0 Å². The molecule has 0 heterocycles. The number of nitriles is 1. The number of sulfone groups is 1. The van der Waals surface area contributed by atoms with E-state index in [1.807, 2.05) is 6.07 Å². The molecule has 2 N–H and O–H groups in total. The van der Waals surface area contributed by atoms with Crippen LogP contribution in [0, 0.1) is 40.6 Å². The zero-order chi connectivity index (χ0) is 24.8. The normalized spacial score (nSPS) is 26.2. The highest BCUT2D eigenvalue weighted by Gasteiger charge is 2.55. The second kappa shape index (κ2) is 8.87. The lowest BCUT2D eigenvalue weighted by molar-refractivity contribution is -0.0540. The van der Waals surface area contributed by atoms with Crippen LogP contribution in [0.25, 0.3) is 0 Å². The Morgan fingerprint density at radius 3 is 2.29 bits per heavy atom. The molecule has 2 aliphatic carbocycles. The van der Waals surface area contributed by atoms with E-state index in [4.69, 9.17) is 16.9 Å². The Kier molecular flexibility index (Phi) is 6.40. The minimum atomic E-state index is -4.01. The van der Waals surface area contributed by atoms with Gasteiger partial charge >= 0.3 is 0 Å². The number of nitrogens with one attached hydrogen (secondary N) is 1. The molecule has 11 heteroatoms. The molecule has 0 spiro atoms. The third-order valence-electron chi connectivity index (χ3n) is 6.91. The standard InChI is InChI=1S/C23H20ClF3N2O4S/c24-17-4-1-12(22(30)29-15-10-18(25)21(27)19(26)11-15)7-20(17)34(32,33)16-8-13-2-3-14(9-16)23(13,31)5-6-28/h1,4,7,10-11,13-14,16,31H,2-3,5,8-9H2,(H,29,30)/t13-,14?,16-,23-/m0/s1. The number of amides is 1. The third kappa shape index (κ3) is 4.17. The molecule has 2 aromatic rings. The molecule has 1 amide bonds. The van der Waals surface area contributed by atoms with Crippen LogP contribution in [0.15, 0.2) is 35.2 Å². The first-order valence-electron chi connectivity index (χ1n) is 10.6. The predicted octanol–water partition coefficient (Wildman–Crippen LogP) is 4.62. The van der Waals surface area contributed by atoms with E-state index in [-0.39, 0.29) is 52.3 Å². The van der Waals surface area contributed by atoms with Crippen LogP contribution >= 0.6 is 11.6 Å². The highest BCUT2D eigenvalue weighted by Crippen LogP contribution is 2.53. The largest absolute Gasteiger partial charge is 0.388 e. The summed E-state index contributed by atoms with van der Waals surface area (Å²) < 4.78 is 66.9. The van der Waals surface area contributed by atoms with Crippen LogP contribution in [-0.2, 0) is 9.84 Å². The van der Waals surface area contributed by atoms with E-state index >= 15 is 0 Å². The van der Waals surface area contributed by atoms with Gasteiger partial charge in [-0.25, -0.2) is 21.6 Å². The summed E-state index contributed by atoms with van der Waals surface area (Å²) in [5.74, 6) is -6.19. The summed E-state index contributed by atoms with van der Waals surface area (Å²) in [5.41, 5.74) is -1.68. The first-order chi connectivity index (χ1) is 16.0. The minimum absolute atomic E-state index is 0.0594. The second-order valence-electron chi connectivity index (χ2n) is 8.79. The fourth-order valence-corrected chi connectivity index (χ4v) is 7.55. The summed E-state index contributed by atoms with van der Waals surface area (Å²) in [4.78, 5) is 12.3. The van der Waals surface area contributed by atoms with Gasteiger partial charge in [-0.2, -0.15) is 5.26 Å². The third-order valence-corrected chi connectivity index (χ3v) is 9.57. The van der Waals surface area contributed by atoms with Crippen molar-refractivity contribution in [2.75, 3.05) is 5.32 Å². The van der Waals surface area contributed by atoms with Crippen LogP contribution in [0.1, 0.15) is 42.5 Å². The summed E-state index contributed by atoms with van der Waals surface area (Å²) in [6, 6.07) is 6.77. The van der Waals surface area contributed by atoms with Crippen molar-refractivity contribution in [3.63, 3.8) is 0 Å². The molecule has 4 rings (SSSR count). The Bertz CT molecular complexity index is 1270. The minimum Gasteiger partial charge on any atom is -0.388 e. The maximum absolute atomic E-state index is 13.5. The molecule has 0 aromatic heterocycles. The van der Waals surface area contributed by atoms with Crippen LogP contribution in [-0.4, -0.2) is 30.3 Å². The average molecular weight is 513 g/mol. The number of carbonyl (C=O) groups excluding carboxylic acids is 1. The number of halogens is 4. The van der Waals surface area contributed by atoms with Crippen molar-refractivity contribution in [1.29, 1.82) is 5.26 Å². The molecule has 0 saturated heterocycles. The van der Waals surface area contributed by atoms with Gasteiger partial charge in [-0.15, -0.1) is 0 Å². The Morgan fingerprint density at radius 1 is 1.15 bits per heavy atom. The van der Waals surface area contributed by atoms with Crippen molar-refractivity contribution in [2.24, 2.45) is 11.8 Å². The molecule has 2 saturated carbocycles. The number of anilines is 1. The van der Waals surface area contributed by atoms with Gasteiger partial charge in [0.05, 0.1) is 33.3 Å². The number of benzene rings is 2. The molecule has 1 unspecified atom stereocenters. The van der Waals surface area contributed by atoms with Gasteiger partial charge in [0.15, 0.2) is 27.3 Å². The van der Waals surface area contributed by atoms with Gasteiger partial charge in [0.1, 0.15) is 0 Å². The maximum atomic E-state index is 13.5. The Hall–Kier alpha value is -2.61. The van der Waals surface area contributed by atoms with Crippen LogP contribution in [0.3, 0.4) is 0 Å². The number of rotatable bonds is 5. The van der Waals surface area contributed by atoms with Crippen molar-refractivity contribution < 1.29 is 31.5 Å². The summed E-state index contributed by atoms with van der Waals surface area (Å²) in [6.07, 6.45) is 1.51. The second-order valence-corrected chi connectivity index (χ2v) is 11.4. The monoisotopic (exact) mass is 512 g/mol. The zero-order valence-corrected chi connectivity index (χ0v) is 19.3. The van der Waals surface area contributed by atoms with Gasteiger partial charge < -0.3 is 10.4 Å². The van der Waals surface area contributed by atoms with Gasteiger partial charge in [-0.1, -0.05) is 11.6 Å². The predicted molar refractivity (Wildman–Crippen MR) is 117 cm³/mol. The fourth-order valence-electron chi connectivity index (χ4n) is 5.15. The number of nitrogens with zero attached hydrogens (tertiary/aromatic N) is 1. The van der Waals surface area contributed by atoms with Gasteiger partial charge in [-0.3, -0.25) is 4.79 Å². The first-order valence-corrected chi connectivity index (χ1v) is 12.5. The zero-order valence-electron chi connectivity index (χ0n) is 17.7. The number of hydrogen-bond donors (Lipinski definition) is 2. The van der Waals surface area contributed by atoms with E-state index in [1.165, 1.54) is 12.1 Å². The quantitative estimate of drug-likeness (QED) is 0.569. The van der Waals surface area contributed by atoms with Crippen molar-refractivity contribution in [3.05, 3.63) is 58.4 Å². The Balaban J connectivity index is 1.60. The highest BCUT2D eigenvalue weighted by atomic mass is 35.5. The van der Waals surface area contributed by atoms with Crippen LogP contribution < -0.4 is 5.32 Å².